The molecule has 0 aliphatic carbocycles. The lowest BCUT2D eigenvalue weighted by Crippen LogP contribution is -2.10. The predicted octanol–water partition coefficient (Wildman–Crippen LogP) is 4.69. The molecule has 0 fully saturated rings. The number of ketones is 1. The van der Waals surface area contributed by atoms with Crippen molar-refractivity contribution in [3.8, 4) is 6.07 Å². The second-order valence-electron chi connectivity index (χ2n) is 4.63. The summed E-state index contributed by atoms with van der Waals surface area (Å²) in [5.74, 6) is -0.972. The Morgan fingerprint density at radius 1 is 1.14 bits per heavy atom. The smallest absolute Gasteiger partial charge is 0.219 e. The number of fused-ring (bicyclic) bond motifs is 1. The van der Waals surface area contributed by atoms with Crippen LogP contribution in [0.5, 0.6) is 0 Å². The number of carbonyl (C=O) groups is 1. The fourth-order valence-corrected chi connectivity index (χ4v) is 2.45. The Hall–Kier alpha value is -2.38. The summed E-state index contributed by atoms with van der Waals surface area (Å²) in [6.07, 6.45) is 0. The van der Waals surface area contributed by atoms with Gasteiger partial charge < -0.3 is 4.42 Å². The maximum absolute atomic E-state index is 12.5. The Bertz CT molecular complexity index is 810. The molecule has 3 rings (SSSR count). The summed E-state index contributed by atoms with van der Waals surface area (Å²) in [4.78, 5) is 12.5. The molecule has 0 saturated heterocycles. The van der Waals surface area contributed by atoms with Crippen LogP contribution in [0.1, 0.15) is 22.0 Å². The fraction of sp³-hybridized carbons (Fsp3) is 0.0588. The van der Waals surface area contributed by atoms with Crippen molar-refractivity contribution in [2.75, 3.05) is 0 Å². The number of Topliss-reactive ketones (excluding diaryl/α,β-unsaturated/α-hetero) is 1. The molecule has 2 aromatic carbocycles. The minimum absolute atomic E-state index is 0.214. The first kappa shape index (κ1) is 13.6. The summed E-state index contributed by atoms with van der Waals surface area (Å²) in [6, 6.07) is 18.3. The molecule has 0 saturated carbocycles. The zero-order valence-corrected chi connectivity index (χ0v) is 12.5. The summed E-state index contributed by atoms with van der Waals surface area (Å²) < 4.78 is 6.45. The molecule has 1 aromatic heterocycles. The van der Waals surface area contributed by atoms with Crippen molar-refractivity contribution < 1.29 is 9.21 Å². The van der Waals surface area contributed by atoms with E-state index in [0.717, 1.165) is 9.86 Å². The monoisotopic (exact) mass is 339 g/mol. The van der Waals surface area contributed by atoms with Gasteiger partial charge >= 0.3 is 0 Å². The zero-order valence-electron chi connectivity index (χ0n) is 10.9. The number of halogens is 1. The minimum atomic E-state index is -0.862. The van der Waals surface area contributed by atoms with E-state index in [9.17, 15) is 10.1 Å². The Kier molecular flexibility index (Phi) is 3.59. The molecule has 0 amide bonds. The van der Waals surface area contributed by atoms with E-state index >= 15 is 0 Å². The van der Waals surface area contributed by atoms with Crippen LogP contribution in [0.2, 0.25) is 0 Å². The Morgan fingerprint density at radius 3 is 2.52 bits per heavy atom. The van der Waals surface area contributed by atoms with Crippen LogP contribution in [0.25, 0.3) is 11.0 Å². The van der Waals surface area contributed by atoms with E-state index in [1.807, 2.05) is 30.3 Å². The van der Waals surface area contributed by atoms with Crippen LogP contribution in [0.15, 0.2) is 63.5 Å². The summed E-state index contributed by atoms with van der Waals surface area (Å²) in [6.45, 7) is 0. The number of para-hydroxylation sites is 1. The van der Waals surface area contributed by atoms with Crippen LogP contribution in [-0.4, -0.2) is 5.78 Å². The molecule has 1 heterocycles. The highest BCUT2D eigenvalue weighted by Gasteiger charge is 2.24. The van der Waals surface area contributed by atoms with Gasteiger partial charge in [-0.2, -0.15) is 5.26 Å². The molecule has 3 nitrogen and oxygen atoms in total. The fourth-order valence-electron chi connectivity index (χ4n) is 2.19. The third kappa shape index (κ3) is 2.61. The van der Waals surface area contributed by atoms with Gasteiger partial charge in [0, 0.05) is 9.86 Å². The lowest BCUT2D eigenvalue weighted by atomic mass is 9.95. The van der Waals surface area contributed by atoms with E-state index in [0.29, 0.717) is 11.1 Å². The highest BCUT2D eigenvalue weighted by molar-refractivity contribution is 9.10. The standard InChI is InChI=1S/C17H10BrNO2/c18-13-7-5-11(6-8-13)14(10-19)17(20)16-9-12-3-1-2-4-15(12)21-16/h1-9,14H. The van der Waals surface area contributed by atoms with Crippen molar-refractivity contribution in [3.05, 3.63) is 70.4 Å². The SMILES string of the molecule is N#CC(C(=O)c1cc2ccccc2o1)c1ccc(Br)cc1. The largest absolute Gasteiger partial charge is 0.453 e. The van der Waals surface area contributed by atoms with E-state index in [1.54, 1.807) is 24.3 Å². The molecule has 4 heteroatoms. The van der Waals surface area contributed by atoms with Gasteiger partial charge in [-0.25, -0.2) is 0 Å². The first-order valence-corrected chi connectivity index (χ1v) is 7.16. The first-order chi connectivity index (χ1) is 10.2. The molecule has 0 aliphatic rings. The van der Waals surface area contributed by atoms with Crippen LogP contribution >= 0.6 is 15.9 Å². The number of hydrogen-bond acceptors (Lipinski definition) is 3. The average molecular weight is 340 g/mol. The van der Waals surface area contributed by atoms with Crippen molar-refractivity contribution >= 4 is 32.7 Å². The summed E-state index contributed by atoms with van der Waals surface area (Å²) in [5.41, 5.74) is 1.31. The topological polar surface area (TPSA) is 54.0 Å². The average Bonchev–Trinajstić information content (AvgIpc) is 2.93. The van der Waals surface area contributed by atoms with Gasteiger partial charge in [0.1, 0.15) is 11.5 Å². The first-order valence-electron chi connectivity index (χ1n) is 6.37. The van der Waals surface area contributed by atoms with Crippen molar-refractivity contribution in [3.63, 3.8) is 0 Å². The summed E-state index contributed by atoms with van der Waals surface area (Å²) in [5, 5.41) is 10.2. The van der Waals surface area contributed by atoms with Crippen molar-refractivity contribution in [2.45, 2.75) is 5.92 Å². The van der Waals surface area contributed by atoms with Crippen LogP contribution in [0.3, 0.4) is 0 Å². The van der Waals surface area contributed by atoms with E-state index < -0.39 is 5.92 Å². The summed E-state index contributed by atoms with van der Waals surface area (Å²) in [7, 11) is 0. The maximum Gasteiger partial charge on any atom is 0.219 e. The van der Waals surface area contributed by atoms with Gasteiger partial charge in [0.25, 0.3) is 0 Å². The van der Waals surface area contributed by atoms with Gasteiger partial charge in [-0.05, 0) is 29.8 Å². The predicted molar refractivity (Wildman–Crippen MR) is 83.0 cm³/mol. The van der Waals surface area contributed by atoms with Crippen molar-refractivity contribution in [2.24, 2.45) is 0 Å². The van der Waals surface area contributed by atoms with E-state index in [-0.39, 0.29) is 11.5 Å². The molecule has 1 unspecified atom stereocenters. The van der Waals surface area contributed by atoms with E-state index in [2.05, 4.69) is 22.0 Å². The van der Waals surface area contributed by atoms with E-state index in [1.165, 1.54) is 0 Å². The Morgan fingerprint density at radius 2 is 1.86 bits per heavy atom. The molecule has 0 N–H and O–H groups in total. The van der Waals surface area contributed by atoms with Crippen LogP contribution in [-0.2, 0) is 0 Å². The highest BCUT2D eigenvalue weighted by atomic mass is 79.9. The number of rotatable bonds is 3. The molecule has 0 bridgehead atoms. The molecule has 102 valence electrons. The third-order valence-electron chi connectivity index (χ3n) is 3.26. The van der Waals surface area contributed by atoms with Crippen molar-refractivity contribution in [1.29, 1.82) is 5.26 Å². The molecule has 1 atom stereocenters. The molecule has 21 heavy (non-hydrogen) atoms. The molecular formula is C17H10BrNO2. The second kappa shape index (κ2) is 5.55. The quantitative estimate of drug-likeness (QED) is 0.650. The van der Waals surface area contributed by atoms with Crippen LogP contribution in [0.4, 0.5) is 0 Å². The number of nitriles is 1. The third-order valence-corrected chi connectivity index (χ3v) is 3.79. The lowest BCUT2D eigenvalue weighted by Gasteiger charge is -2.06. The molecule has 0 aliphatic heterocycles. The highest BCUT2D eigenvalue weighted by Crippen LogP contribution is 2.26. The van der Waals surface area contributed by atoms with Gasteiger partial charge in [-0.15, -0.1) is 0 Å². The number of hydrogen-bond donors (Lipinski definition) is 0. The normalized spacial score (nSPS) is 12.0. The van der Waals surface area contributed by atoms with Gasteiger partial charge in [-0.3, -0.25) is 4.79 Å². The summed E-state index contributed by atoms with van der Waals surface area (Å²) >= 11 is 3.34. The van der Waals surface area contributed by atoms with Crippen LogP contribution in [0, 0.1) is 11.3 Å². The molecular weight excluding hydrogens is 330 g/mol. The molecule has 3 aromatic rings. The van der Waals surface area contributed by atoms with Gasteiger partial charge in [-0.1, -0.05) is 46.3 Å². The minimum Gasteiger partial charge on any atom is -0.453 e. The number of carbonyl (C=O) groups excluding carboxylic acids is 1. The number of benzene rings is 2. The Balaban J connectivity index is 1.99. The number of nitrogens with zero attached hydrogens (tertiary/aromatic N) is 1. The lowest BCUT2D eigenvalue weighted by molar-refractivity contribution is 0.0954. The van der Waals surface area contributed by atoms with Gasteiger partial charge in [0.2, 0.25) is 5.78 Å². The molecule has 0 radical (unpaired) electrons. The molecule has 0 spiro atoms. The maximum atomic E-state index is 12.5. The van der Waals surface area contributed by atoms with Crippen LogP contribution < -0.4 is 0 Å². The second-order valence-corrected chi connectivity index (χ2v) is 5.54. The Labute approximate surface area is 129 Å². The zero-order chi connectivity index (χ0) is 14.8. The van der Waals surface area contributed by atoms with Gasteiger partial charge in [0.05, 0.1) is 6.07 Å². The number of furan rings is 1. The van der Waals surface area contributed by atoms with Crippen molar-refractivity contribution in [1.82, 2.24) is 0 Å². The van der Waals surface area contributed by atoms with Gasteiger partial charge in [0.15, 0.2) is 5.76 Å². The van der Waals surface area contributed by atoms with E-state index in [4.69, 9.17) is 4.42 Å².